The molecule has 17 heavy (non-hydrogen) atoms. The maximum Gasteiger partial charge on any atom is 0.123 e. The molecule has 0 unspecified atom stereocenters. The van der Waals surface area contributed by atoms with Crippen LogP contribution in [0.5, 0.6) is 5.75 Å². The molecule has 0 bridgehead atoms. The van der Waals surface area contributed by atoms with Gasteiger partial charge in [-0.05, 0) is 37.1 Å². The zero-order valence-corrected chi connectivity index (χ0v) is 10.3. The molecule has 0 atom stereocenters. The molecule has 0 saturated heterocycles. The van der Waals surface area contributed by atoms with Crippen LogP contribution in [0.4, 0.5) is 4.39 Å². The van der Waals surface area contributed by atoms with Crippen molar-refractivity contribution < 1.29 is 9.13 Å². The molecule has 2 nitrogen and oxygen atoms in total. The topological polar surface area (TPSA) is 21.3 Å². The minimum absolute atomic E-state index is 0.201. The van der Waals surface area contributed by atoms with Crippen LogP contribution in [0.1, 0.15) is 31.7 Å². The average Bonchev–Trinajstić information content (AvgIpc) is 3.13. The van der Waals surface area contributed by atoms with Crippen molar-refractivity contribution in [3.63, 3.8) is 0 Å². The summed E-state index contributed by atoms with van der Waals surface area (Å²) >= 11 is 0. The van der Waals surface area contributed by atoms with E-state index in [1.165, 1.54) is 18.9 Å². The summed E-state index contributed by atoms with van der Waals surface area (Å²) < 4.78 is 18.9. The minimum atomic E-state index is -0.201. The molecule has 1 aromatic carbocycles. The van der Waals surface area contributed by atoms with Gasteiger partial charge in [0.2, 0.25) is 0 Å². The maximum absolute atomic E-state index is 13.2. The Morgan fingerprint density at radius 2 is 2.24 bits per heavy atom. The Morgan fingerprint density at radius 1 is 1.41 bits per heavy atom. The van der Waals surface area contributed by atoms with Gasteiger partial charge in [0.05, 0.1) is 6.61 Å². The fourth-order valence-electron chi connectivity index (χ4n) is 1.83. The van der Waals surface area contributed by atoms with Crippen molar-refractivity contribution in [1.82, 2.24) is 5.32 Å². The van der Waals surface area contributed by atoms with Gasteiger partial charge in [-0.3, -0.25) is 0 Å². The van der Waals surface area contributed by atoms with Gasteiger partial charge in [0.15, 0.2) is 0 Å². The first-order valence-corrected chi connectivity index (χ1v) is 6.41. The summed E-state index contributed by atoms with van der Waals surface area (Å²) in [6, 6.07) is 4.74. The molecule has 0 amide bonds. The molecule has 1 fully saturated rings. The van der Waals surface area contributed by atoms with E-state index in [9.17, 15) is 4.39 Å². The highest BCUT2D eigenvalue weighted by Gasteiger charge is 2.20. The second kappa shape index (κ2) is 6.01. The zero-order valence-electron chi connectivity index (χ0n) is 10.3. The molecule has 0 spiro atoms. The van der Waals surface area contributed by atoms with Gasteiger partial charge in [-0.25, -0.2) is 4.39 Å². The third kappa shape index (κ3) is 4.00. The van der Waals surface area contributed by atoms with Gasteiger partial charge in [-0.15, -0.1) is 0 Å². The van der Waals surface area contributed by atoms with Crippen LogP contribution in [0.15, 0.2) is 18.2 Å². The summed E-state index contributed by atoms with van der Waals surface area (Å²) in [5.74, 6) is 1.48. The molecule has 0 aromatic heterocycles. The van der Waals surface area contributed by atoms with E-state index < -0.39 is 0 Å². The predicted molar refractivity (Wildman–Crippen MR) is 66.6 cm³/mol. The van der Waals surface area contributed by atoms with E-state index in [1.807, 2.05) is 6.92 Å². The van der Waals surface area contributed by atoms with Crippen LogP contribution >= 0.6 is 0 Å². The van der Waals surface area contributed by atoms with Gasteiger partial charge < -0.3 is 10.1 Å². The molecule has 0 heterocycles. The van der Waals surface area contributed by atoms with E-state index in [1.54, 1.807) is 12.1 Å². The largest absolute Gasteiger partial charge is 0.493 e. The molecule has 1 aliphatic rings. The van der Waals surface area contributed by atoms with E-state index in [2.05, 4.69) is 5.32 Å². The Labute approximate surface area is 102 Å². The fraction of sp³-hybridized carbons (Fsp3) is 0.571. The molecule has 0 aliphatic heterocycles. The smallest absolute Gasteiger partial charge is 0.123 e. The van der Waals surface area contributed by atoms with Gasteiger partial charge in [-0.1, -0.05) is 19.8 Å². The summed E-state index contributed by atoms with van der Waals surface area (Å²) in [6.07, 6.45) is 3.81. The quantitative estimate of drug-likeness (QED) is 0.786. The fourth-order valence-corrected chi connectivity index (χ4v) is 1.83. The van der Waals surface area contributed by atoms with Crippen LogP contribution in [0, 0.1) is 11.7 Å². The number of ether oxygens (including phenoxy) is 1. The van der Waals surface area contributed by atoms with Crippen molar-refractivity contribution in [1.29, 1.82) is 0 Å². The molecule has 1 N–H and O–H groups in total. The van der Waals surface area contributed by atoms with E-state index in [0.29, 0.717) is 6.54 Å². The highest BCUT2D eigenvalue weighted by atomic mass is 19.1. The van der Waals surface area contributed by atoms with Gasteiger partial charge in [0.25, 0.3) is 0 Å². The molecule has 1 aromatic rings. The first-order chi connectivity index (χ1) is 8.29. The molecule has 94 valence electrons. The maximum atomic E-state index is 13.2. The van der Waals surface area contributed by atoms with Crippen LogP contribution in [0.3, 0.4) is 0 Å². The van der Waals surface area contributed by atoms with Crippen molar-refractivity contribution in [3.05, 3.63) is 29.6 Å². The Balaban J connectivity index is 1.92. The van der Waals surface area contributed by atoms with Gasteiger partial charge in [0, 0.05) is 12.1 Å². The van der Waals surface area contributed by atoms with E-state index in [-0.39, 0.29) is 5.82 Å². The molecular weight excluding hydrogens is 217 g/mol. The average molecular weight is 237 g/mol. The first-order valence-electron chi connectivity index (χ1n) is 6.41. The van der Waals surface area contributed by atoms with Crippen molar-refractivity contribution in [2.24, 2.45) is 5.92 Å². The van der Waals surface area contributed by atoms with Crippen molar-refractivity contribution in [3.8, 4) is 5.75 Å². The number of nitrogens with one attached hydrogen (secondary N) is 1. The Kier molecular flexibility index (Phi) is 4.37. The van der Waals surface area contributed by atoms with Gasteiger partial charge in [-0.2, -0.15) is 0 Å². The number of hydrogen-bond donors (Lipinski definition) is 1. The van der Waals surface area contributed by atoms with Gasteiger partial charge in [0.1, 0.15) is 11.6 Å². The number of rotatable bonds is 7. The standard InChI is InChI=1S/C14H20FNO/c1-2-16-10-12-9-13(15)5-6-14(12)17-8-7-11-3-4-11/h5-6,9,11,16H,2-4,7-8,10H2,1H3. The van der Waals surface area contributed by atoms with Crippen LogP contribution in [0.2, 0.25) is 0 Å². The molecule has 1 aliphatic carbocycles. The number of hydrogen-bond acceptors (Lipinski definition) is 2. The molecule has 0 radical (unpaired) electrons. The Morgan fingerprint density at radius 3 is 2.94 bits per heavy atom. The SMILES string of the molecule is CCNCc1cc(F)ccc1OCCC1CC1. The summed E-state index contributed by atoms with van der Waals surface area (Å²) in [5, 5.41) is 3.20. The lowest BCUT2D eigenvalue weighted by Crippen LogP contribution is -2.13. The summed E-state index contributed by atoms with van der Waals surface area (Å²) in [6.45, 7) is 4.31. The van der Waals surface area contributed by atoms with E-state index >= 15 is 0 Å². The van der Waals surface area contributed by atoms with Gasteiger partial charge >= 0.3 is 0 Å². The number of halogens is 1. The highest BCUT2D eigenvalue weighted by molar-refractivity contribution is 5.33. The second-order valence-corrected chi connectivity index (χ2v) is 4.61. The lowest BCUT2D eigenvalue weighted by molar-refractivity contribution is 0.298. The summed E-state index contributed by atoms with van der Waals surface area (Å²) in [5.41, 5.74) is 0.905. The third-order valence-corrected chi connectivity index (χ3v) is 3.07. The summed E-state index contributed by atoms with van der Waals surface area (Å²) in [4.78, 5) is 0. The Hall–Kier alpha value is -1.09. The van der Waals surface area contributed by atoms with Crippen LogP contribution in [-0.4, -0.2) is 13.2 Å². The van der Waals surface area contributed by atoms with Crippen molar-refractivity contribution in [2.45, 2.75) is 32.7 Å². The van der Waals surface area contributed by atoms with Crippen LogP contribution in [-0.2, 0) is 6.54 Å². The minimum Gasteiger partial charge on any atom is -0.493 e. The summed E-state index contributed by atoms with van der Waals surface area (Å²) in [7, 11) is 0. The molecule has 1 saturated carbocycles. The van der Waals surface area contributed by atoms with E-state index in [4.69, 9.17) is 4.74 Å². The molecule has 3 heteroatoms. The Bertz CT molecular complexity index is 363. The van der Waals surface area contributed by atoms with Crippen LogP contribution < -0.4 is 10.1 Å². The molecule has 2 rings (SSSR count). The zero-order chi connectivity index (χ0) is 12.1. The predicted octanol–water partition coefficient (Wildman–Crippen LogP) is 3.11. The lowest BCUT2D eigenvalue weighted by Gasteiger charge is -2.11. The first kappa shape index (κ1) is 12.4. The van der Waals surface area contributed by atoms with Crippen molar-refractivity contribution in [2.75, 3.05) is 13.2 Å². The normalized spacial score (nSPS) is 14.9. The monoisotopic (exact) mass is 237 g/mol. The third-order valence-electron chi connectivity index (χ3n) is 3.07. The van der Waals surface area contributed by atoms with Crippen molar-refractivity contribution >= 4 is 0 Å². The highest BCUT2D eigenvalue weighted by Crippen LogP contribution is 2.32. The second-order valence-electron chi connectivity index (χ2n) is 4.61. The number of benzene rings is 1. The van der Waals surface area contributed by atoms with Crippen LogP contribution in [0.25, 0.3) is 0 Å². The molecular formula is C14H20FNO. The van der Waals surface area contributed by atoms with E-state index in [0.717, 1.165) is 36.8 Å². The lowest BCUT2D eigenvalue weighted by atomic mass is 10.2.